The van der Waals surface area contributed by atoms with E-state index in [-0.39, 0.29) is 134 Å². The Labute approximate surface area is 703 Å². The predicted molar refractivity (Wildman–Crippen MR) is 444 cm³/mol. The summed E-state index contributed by atoms with van der Waals surface area (Å²) in [5, 5.41) is 3.63. The van der Waals surface area contributed by atoms with Crippen molar-refractivity contribution in [2.45, 2.75) is 268 Å². The number of ketones is 2. The van der Waals surface area contributed by atoms with Crippen LogP contribution in [0.2, 0.25) is 10.0 Å². The van der Waals surface area contributed by atoms with Gasteiger partial charge in [-0.3, -0.25) is 47.8 Å². The van der Waals surface area contributed by atoms with Gasteiger partial charge in [0.25, 0.3) is 0 Å². The number of halogens is 2. The summed E-state index contributed by atoms with van der Waals surface area (Å²) in [6, 6.07) is 12.4. The van der Waals surface area contributed by atoms with Crippen molar-refractivity contribution in [3.8, 4) is 23.5 Å². The second kappa shape index (κ2) is 34.1. The number of nitrogens with one attached hydrogen (secondary N) is 2. The number of allylic oxidation sites excluding steroid dienone is 4. The van der Waals surface area contributed by atoms with Crippen LogP contribution in [0.15, 0.2) is 72.8 Å². The first kappa shape index (κ1) is 85.6. The molecule has 4 aliphatic heterocycles. The molecule has 0 bridgehead atoms. The Bertz CT molecular complexity index is 4560. The summed E-state index contributed by atoms with van der Waals surface area (Å²) in [4.78, 5) is 128. The first-order valence-corrected chi connectivity index (χ1v) is 47.2. The molecular formula is C90H116Cl2N6O18S2. The Balaban J connectivity index is 0.000000185. The van der Waals surface area contributed by atoms with Gasteiger partial charge in [-0.05, 0) is 226 Å². The van der Waals surface area contributed by atoms with E-state index < -0.39 is 100 Å². The van der Waals surface area contributed by atoms with Crippen molar-refractivity contribution in [1.82, 2.24) is 29.2 Å². The number of aromatic nitrogens is 2. The SMILES string of the molecule is CCCOc1cc2c(Cl)cccc2c(O[C@@H]2C[C@H]3C(=O)C[C@]4(C(=O)NS(=O)(=O)C5(C)CC5)C[C@H]4/C=C\CC[C@@H](C)C[C@@H](C)[C@H](CC(=O)OC4CC5C[C@H]5C4)C(=O)N3C2)n1.CCCOc1cc2c(Cl)cccc2c(O[C@@H]2C[C@H]3C(=O)C[C@]4(C(=O)NS(=O)(=O)C5(C)CC5)C[C@H]4/C=C\CC[C@H](C)C[C@@H](C)[C@H](CC(=O)OC4CC5C[C@H]5C4)C(=O)N3C2)n1. The number of hydrogen-bond donors (Lipinski definition) is 2. The highest BCUT2D eigenvalue weighted by Gasteiger charge is 2.65. The van der Waals surface area contributed by atoms with Gasteiger partial charge in [-0.2, -0.15) is 9.97 Å². The van der Waals surface area contributed by atoms with Crippen LogP contribution < -0.4 is 28.4 Å². The smallest absolute Gasteiger partial charge is 0.306 e. The fourth-order valence-electron chi connectivity index (χ4n) is 19.9. The average Bonchev–Trinajstić information content (AvgIpc) is 1.57. The molecule has 0 radical (unpaired) electrons. The standard InChI is InChI=1S/2C45H58ClN3O9S/c2*1-5-15-56-39-21-35-33(11-8-12-36(35)46)41(47-39)58-32-20-37-38(50)24-45(43(53)48-59(54,55)44(4)13-14-44)23-30(45)10-7-6-9-26(2)16-27(3)34(42(52)49(37)25-32)22-40(51)57-31-18-28-17-29(28)19-31/h2*7-8,10-12,21,26-32,34,37H,5-6,9,13-20,22-25H2,1-4H3,(H,48,53)/b2*10-7-/t26-,27+,28-,29?,30+,31?,32+,34-,37-,45+;26-,27-,28+,29?,30-,31?,32-,34+,37+,45-/m01/s1. The molecule has 8 saturated carbocycles. The number of benzene rings is 2. The van der Waals surface area contributed by atoms with Crippen molar-refractivity contribution >= 4 is 112 Å². The number of sulfonamides is 2. The van der Waals surface area contributed by atoms with E-state index in [1.54, 1.807) is 60.0 Å². The molecule has 118 heavy (non-hydrogen) atoms. The van der Waals surface area contributed by atoms with Crippen LogP contribution in [0.5, 0.6) is 23.5 Å². The van der Waals surface area contributed by atoms with Crippen molar-refractivity contribution in [2.75, 3.05) is 26.3 Å². The first-order chi connectivity index (χ1) is 56.2. The Morgan fingerprint density at radius 3 is 1.26 bits per heavy atom. The Morgan fingerprint density at radius 1 is 0.517 bits per heavy atom. The fourth-order valence-corrected chi connectivity index (χ4v) is 23.1. The Hall–Kier alpha value is -7.42. The lowest BCUT2D eigenvalue weighted by Gasteiger charge is -2.32. The topological polar surface area (TPSA) is 317 Å². The molecule has 4 unspecified atom stereocenters. The van der Waals surface area contributed by atoms with Crippen LogP contribution in [0.3, 0.4) is 0 Å². The summed E-state index contributed by atoms with van der Waals surface area (Å²) in [7, 11) is -7.92. The molecule has 4 aromatic rings. The zero-order chi connectivity index (χ0) is 83.7. The van der Waals surface area contributed by atoms with Gasteiger partial charge in [0.1, 0.15) is 24.4 Å². The number of carbonyl (C=O) groups is 8. The molecule has 0 spiro atoms. The van der Waals surface area contributed by atoms with Crippen LogP contribution in [-0.2, 0) is 67.9 Å². The summed E-state index contributed by atoms with van der Waals surface area (Å²) < 4.78 is 92.9. The van der Waals surface area contributed by atoms with E-state index in [0.29, 0.717) is 132 Å². The molecule has 20 atom stereocenters. The van der Waals surface area contributed by atoms with Gasteiger partial charge in [0, 0.05) is 69.4 Å². The Kier molecular flexibility index (Phi) is 24.7. The lowest BCUT2D eigenvalue weighted by molar-refractivity contribution is -0.155. The minimum Gasteiger partial charge on any atom is -0.478 e. The number of amides is 4. The minimum atomic E-state index is -3.96. The van der Waals surface area contributed by atoms with E-state index >= 15 is 9.59 Å². The van der Waals surface area contributed by atoms with Crippen molar-refractivity contribution in [3.05, 3.63) is 82.9 Å². The molecule has 28 heteroatoms. The summed E-state index contributed by atoms with van der Waals surface area (Å²) in [6.07, 6.45) is 20.2. The number of hydrogen-bond acceptors (Lipinski definition) is 20. The lowest BCUT2D eigenvalue weighted by Crippen LogP contribution is -2.48. The zero-order valence-corrected chi connectivity index (χ0v) is 72.4. The van der Waals surface area contributed by atoms with Gasteiger partial charge in [0.2, 0.25) is 67.2 Å². The van der Waals surface area contributed by atoms with E-state index in [1.807, 2.05) is 64.1 Å². The summed E-state index contributed by atoms with van der Waals surface area (Å²) in [5.74, 6) is -1.98. The number of Topliss-reactive ketones (excluding diaryl/α,β-unsaturated/α-hetero) is 2. The molecule has 8 aliphatic carbocycles. The van der Waals surface area contributed by atoms with Gasteiger partial charge in [-0.1, -0.05) is 101 Å². The van der Waals surface area contributed by atoms with Gasteiger partial charge >= 0.3 is 11.9 Å². The second-order valence-electron chi connectivity index (χ2n) is 37.8. The molecule has 16 rings (SSSR count). The number of ether oxygens (including phenoxy) is 6. The number of carbonyl (C=O) groups excluding carboxylic acids is 8. The van der Waals surface area contributed by atoms with Crippen LogP contribution in [-0.4, -0.2) is 156 Å². The summed E-state index contributed by atoms with van der Waals surface area (Å²) in [5.41, 5.74) is -2.55. The monoisotopic (exact) mass is 1700 g/mol. The van der Waals surface area contributed by atoms with E-state index in [9.17, 15) is 45.6 Å². The third-order valence-electron chi connectivity index (χ3n) is 28.4. The molecule has 4 amide bonds. The number of rotatable bonds is 22. The fraction of sp³-hybridized carbons (Fsp3) is 0.667. The van der Waals surface area contributed by atoms with Crippen LogP contribution in [0.4, 0.5) is 0 Å². The van der Waals surface area contributed by atoms with E-state index in [2.05, 4.69) is 23.3 Å². The van der Waals surface area contributed by atoms with E-state index in [1.165, 1.54) is 12.8 Å². The normalized spacial score (nSPS) is 34.4. The maximum absolute atomic E-state index is 15.1. The maximum Gasteiger partial charge on any atom is 0.306 e. The zero-order valence-electron chi connectivity index (χ0n) is 69.2. The molecule has 2 saturated heterocycles. The highest BCUT2D eigenvalue weighted by atomic mass is 35.5. The molecule has 6 heterocycles. The molecule has 12 aliphatic rings. The van der Waals surface area contributed by atoms with Crippen LogP contribution >= 0.6 is 23.2 Å². The second-order valence-corrected chi connectivity index (χ2v) is 43.0. The summed E-state index contributed by atoms with van der Waals surface area (Å²) in [6.45, 7) is 16.4. The molecule has 10 fully saturated rings. The first-order valence-electron chi connectivity index (χ1n) is 43.5. The van der Waals surface area contributed by atoms with E-state index in [0.717, 1.165) is 64.2 Å². The summed E-state index contributed by atoms with van der Waals surface area (Å²) >= 11 is 13.3. The molecule has 24 nitrogen and oxygen atoms in total. The molecule has 640 valence electrons. The van der Waals surface area contributed by atoms with Crippen molar-refractivity contribution in [1.29, 1.82) is 0 Å². The van der Waals surface area contributed by atoms with Crippen LogP contribution in [0.1, 0.15) is 222 Å². The van der Waals surface area contributed by atoms with Gasteiger partial charge in [-0.15, -0.1) is 0 Å². The quantitative estimate of drug-likeness (QED) is 0.0545. The molecule has 2 aromatic heterocycles. The lowest BCUT2D eigenvalue weighted by atomic mass is 9.82. The maximum atomic E-state index is 15.1. The third kappa shape index (κ3) is 18.5. The highest BCUT2D eigenvalue weighted by molar-refractivity contribution is 7.92. The van der Waals surface area contributed by atoms with Crippen molar-refractivity contribution < 1.29 is 83.6 Å². The molecule has 2 aromatic carbocycles. The van der Waals surface area contributed by atoms with Gasteiger partial charge in [0.15, 0.2) is 11.6 Å². The van der Waals surface area contributed by atoms with E-state index in [4.69, 9.17) is 61.6 Å². The number of pyridine rings is 2. The van der Waals surface area contributed by atoms with Crippen LogP contribution in [0, 0.1) is 81.8 Å². The van der Waals surface area contributed by atoms with Crippen LogP contribution in [0.25, 0.3) is 21.5 Å². The molecule has 2 N–H and O–H groups in total. The highest BCUT2D eigenvalue weighted by Crippen LogP contribution is 2.60. The third-order valence-corrected chi connectivity index (χ3v) is 33.3. The number of nitrogens with zero attached hydrogens (tertiary/aromatic N) is 4. The molecular weight excluding hydrogens is 1590 g/mol. The number of fused-ring (bicyclic) bond motifs is 8. The van der Waals surface area contributed by atoms with Gasteiger partial charge < -0.3 is 38.2 Å². The predicted octanol–water partition coefficient (Wildman–Crippen LogP) is 14.7. The largest absolute Gasteiger partial charge is 0.478 e. The van der Waals surface area contributed by atoms with Gasteiger partial charge in [-0.25, -0.2) is 16.8 Å². The average molecular weight is 1700 g/mol. The number of esters is 2. The van der Waals surface area contributed by atoms with Gasteiger partial charge in [0.05, 0.1) is 83.4 Å². The minimum absolute atomic E-state index is 0.0358. The van der Waals surface area contributed by atoms with Crippen molar-refractivity contribution in [3.63, 3.8) is 0 Å². The van der Waals surface area contributed by atoms with Crippen molar-refractivity contribution in [2.24, 2.45) is 81.8 Å². The Morgan fingerprint density at radius 2 is 0.898 bits per heavy atom.